The van der Waals surface area contributed by atoms with Crippen molar-refractivity contribution in [1.29, 1.82) is 0 Å². The molecule has 0 unspecified atom stereocenters. The summed E-state index contributed by atoms with van der Waals surface area (Å²) < 4.78 is 32.9. The molecule has 0 radical (unpaired) electrons. The number of benzene rings is 2. The molecule has 0 aliphatic heterocycles. The Labute approximate surface area is 180 Å². The molecule has 2 aromatic rings. The van der Waals surface area contributed by atoms with Crippen LogP contribution >= 0.6 is 0 Å². The monoisotopic (exact) mass is 432 g/mol. The molecule has 2 rings (SSSR count). The minimum atomic E-state index is -3.54. The molecule has 0 heterocycles. The summed E-state index contributed by atoms with van der Waals surface area (Å²) in [5.41, 5.74) is 2.01. The van der Waals surface area contributed by atoms with E-state index in [2.05, 4.69) is 10.0 Å². The Morgan fingerprint density at radius 3 is 2.27 bits per heavy atom. The smallest absolute Gasteiger partial charge is 0.240 e. The van der Waals surface area contributed by atoms with E-state index in [1.165, 1.54) is 0 Å². The van der Waals surface area contributed by atoms with Gasteiger partial charge in [0.25, 0.3) is 0 Å². The largest absolute Gasteiger partial charge is 0.379 e. The van der Waals surface area contributed by atoms with Crippen molar-refractivity contribution in [2.45, 2.75) is 50.5 Å². The van der Waals surface area contributed by atoms with Gasteiger partial charge in [-0.05, 0) is 56.4 Å². The summed E-state index contributed by atoms with van der Waals surface area (Å²) in [6, 6.07) is 16.4. The normalized spacial score (nSPS) is 11.6. The Kier molecular flexibility index (Phi) is 10.00. The lowest BCUT2D eigenvalue weighted by molar-refractivity contribution is -0.121. The van der Waals surface area contributed by atoms with Gasteiger partial charge >= 0.3 is 0 Å². The van der Waals surface area contributed by atoms with Crippen LogP contribution in [0.15, 0.2) is 59.5 Å². The lowest BCUT2D eigenvalue weighted by Gasteiger charge is -2.09. The highest BCUT2D eigenvalue weighted by Crippen LogP contribution is 2.12. The summed E-state index contributed by atoms with van der Waals surface area (Å²) in [5.74, 6) is -0.0150. The van der Waals surface area contributed by atoms with Gasteiger partial charge in [-0.25, -0.2) is 13.1 Å². The van der Waals surface area contributed by atoms with Gasteiger partial charge in [0.1, 0.15) is 0 Å². The number of carbonyl (C=O) groups excluding carboxylic acids is 1. The molecular weight excluding hydrogens is 400 g/mol. The molecule has 0 saturated carbocycles. The fourth-order valence-electron chi connectivity index (χ4n) is 2.86. The van der Waals surface area contributed by atoms with Crippen molar-refractivity contribution < 1.29 is 17.9 Å². The number of nitrogens with one attached hydrogen (secondary N) is 2. The van der Waals surface area contributed by atoms with Crippen molar-refractivity contribution in [1.82, 2.24) is 10.0 Å². The predicted molar refractivity (Wildman–Crippen MR) is 119 cm³/mol. The first-order chi connectivity index (χ1) is 14.4. The maximum absolute atomic E-state index is 12.4. The van der Waals surface area contributed by atoms with Gasteiger partial charge in [-0.2, -0.15) is 0 Å². The minimum Gasteiger partial charge on any atom is -0.379 e. The third kappa shape index (κ3) is 9.07. The fourth-order valence-corrected chi connectivity index (χ4v) is 3.89. The zero-order chi connectivity index (χ0) is 21.8. The molecule has 7 heteroatoms. The molecule has 30 heavy (non-hydrogen) atoms. The Morgan fingerprint density at radius 2 is 1.60 bits per heavy atom. The summed E-state index contributed by atoms with van der Waals surface area (Å²) in [6.45, 7) is 5.53. The zero-order valence-electron chi connectivity index (χ0n) is 17.8. The summed E-state index contributed by atoms with van der Waals surface area (Å²) >= 11 is 0. The van der Waals surface area contributed by atoms with Gasteiger partial charge in [0.05, 0.1) is 11.0 Å². The van der Waals surface area contributed by atoms with Gasteiger partial charge in [0, 0.05) is 26.1 Å². The lowest BCUT2D eigenvalue weighted by Crippen LogP contribution is -2.26. The van der Waals surface area contributed by atoms with Crippen molar-refractivity contribution in [2.75, 3.05) is 19.7 Å². The maximum atomic E-state index is 12.4. The third-order valence-corrected chi connectivity index (χ3v) is 5.99. The van der Waals surface area contributed by atoms with Crippen LogP contribution in [0.4, 0.5) is 0 Å². The molecule has 2 aromatic carbocycles. The van der Waals surface area contributed by atoms with E-state index in [0.717, 1.165) is 17.5 Å². The molecule has 0 saturated heterocycles. The SMILES string of the molecule is CC(C)OCCCNC(=O)CCc1ccc(S(=O)(=O)NCCc2ccccc2)cc1. The van der Waals surface area contributed by atoms with Gasteiger partial charge in [0.2, 0.25) is 15.9 Å². The van der Waals surface area contributed by atoms with Crippen molar-refractivity contribution in [2.24, 2.45) is 0 Å². The molecule has 1 amide bonds. The van der Waals surface area contributed by atoms with E-state index < -0.39 is 10.0 Å². The predicted octanol–water partition coefficient (Wildman–Crippen LogP) is 3.07. The summed E-state index contributed by atoms with van der Waals surface area (Å²) in [4.78, 5) is 12.1. The summed E-state index contributed by atoms with van der Waals surface area (Å²) in [6.07, 6.45) is 2.55. The van der Waals surface area contributed by atoms with E-state index >= 15 is 0 Å². The van der Waals surface area contributed by atoms with E-state index in [4.69, 9.17) is 4.74 Å². The first-order valence-corrected chi connectivity index (χ1v) is 11.9. The second-order valence-electron chi connectivity index (χ2n) is 7.40. The van der Waals surface area contributed by atoms with Crippen LogP contribution in [0.5, 0.6) is 0 Å². The van der Waals surface area contributed by atoms with Crippen LogP contribution in [0.2, 0.25) is 0 Å². The number of amides is 1. The average molecular weight is 433 g/mol. The molecule has 0 aliphatic rings. The second kappa shape index (κ2) is 12.5. The molecule has 0 bridgehead atoms. The number of ether oxygens (including phenoxy) is 1. The second-order valence-corrected chi connectivity index (χ2v) is 9.17. The first-order valence-electron chi connectivity index (χ1n) is 10.4. The number of hydrogen-bond donors (Lipinski definition) is 2. The van der Waals surface area contributed by atoms with E-state index in [1.54, 1.807) is 24.3 Å². The van der Waals surface area contributed by atoms with Crippen LogP contribution in [0, 0.1) is 0 Å². The topological polar surface area (TPSA) is 84.5 Å². The summed E-state index contributed by atoms with van der Waals surface area (Å²) in [5, 5.41) is 2.87. The van der Waals surface area contributed by atoms with Crippen LogP contribution in [-0.2, 0) is 32.4 Å². The quantitative estimate of drug-likeness (QED) is 0.477. The molecule has 0 fully saturated rings. The highest BCUT2D eigenvalue weighted by Gasteiger charge is 2.13. The van der Waals surface area contributed by atoms with E-state index in [9.17, 15) is 13.2 Å². The van der Waals surface area contributed by atoms with Crippen molar-refractivity contribution in [3.8, 4) is 0 Å². The number of carbonyl (C=O) groups is 1. The van der Waals surface area contributed by atoms with Crippen LogP contribution in [0.25, 0.3) is 0 Å². The van der Waals surface area contributed by atoms with Crippen LogP contribution in [0.1, 0.15) is 37.8 Å². The molecule has 0 aliphatic carbocycles. The Hall–Kier alpha value is -2.22. The molecular formula is C23H32N2O4S. The van der Waals surface area contributed by atoms with E-state index in [-0.39, 0.29) is 16.9 Å². The molecule has 0 aromatic heterocycles. The lowest BCUT2D eigenvalue weighted by atomic mass is 10.1. The first kappa shape index (κ1) is 24.1. The number of rotatable bonds is 13. The van der Waals surface area contributed by atoms with E-state index in [1.807, 2.05) is 44.2 Å². The van der Waals surface area contributed by atoms with Crippen molar-refractivity contribution >= 4 is 15.9 Å². The molecule has 164 valence electrons. The number of hydrogen-bond acceptors (Lipinski definition) is 4. The van der Waals surface area contributed by atoms with Gasteiger partial charge in [-0.15, -0.1) is 0 Å². The third-order valence-electron chi connectivity index (χ3n) is 4.52. The minimum absolute atomic E-state index is 0.0150. The highest BCUT2D eigenvalue weighted by molar-refractivity contribution is 7.89. The zero-order valence-corrected chi connectivity index (χ0v) is 18.6. The van der Waals surface area contributed by atoms with Gasteiger partial charge in [0.15, 0.2) is 0 Å². The average Bonchev–Trinajstić information content (AvgIpc) is 2.73. The van der Waals surface area contributed by atoms with Crippen LogP contribution in [-0.4, -0.2) is 40.1 Å². The van der Waals surface area contributed by atoms with Crippen LogP contribution in [0.3, 0.4) is 0 Å². The van der Waals surface area contributed by atoms with Gasteiger partial charge in [-0.1, -0.05) is 42.5 Å². The Balaban J connectivity index is 1.72. The molecule has 2 N–H and O–H groups in total. The Morgan fingerprint density at radius 1 is 0.933 bits per heavy atom. The van der Waals surface area contributed by atoms with Gasteiger partial charge in [-0.3, -0.25) is 4.79 Å². The molecule has 0 atom stereocenters. The number of aryl methyl sites for hydroxylation is 1. The van der Waals surface area contributed by atoms with E-state index in [0.29, 0.717) is 39.0 Å². The van der Waals surface area contributed by atoms with Crippen molar-refractivity contribution in [3.05, 3.63) is 65.7 Å². The fraction of sp³-hybridized carbons (Fsp3) is 0.435. The van der Waals surface area contributed by atoms with Gasteiger partial charge < -0.3 is 10.1 Å². The number of sulfonamides is 1. The van der Waals surface area contributed by atoms with Crippen molar-refractivity contribution in [3.63, 3.8) is 0 Å². The molecule has 6 nitrogen and oxygen atoms in total. The highest BCUT2D eigenvalue weighted by atomic mass is 32.2. The maximum Gasteiger partial charge on any atom is 0.240 e. The molecule has 0 spiro atoms. The van der Waals surface area contributed by atoms with Crippen LogP contribution < -0.4 is 10.0 Å². The Bertz CT molecular complexity index is 866. The standard InChI is InChI=1S/C23H32N2O4S/c1-19(2)29-18-6-16-24-23(26)14-11-21-9-12-22(13-10-21)30(27,28)25-17-15-20-7-4-3-5-8-20/h3-5,7-10,12-13,19,25H,6,11,14-18H2,1-2H3,(H,24,26). The summed E-state index contributed by atoms with van der Waals surface area (Å²) in [7, 11) is -3.54.